The molecular formula is C7H14N6. The van der Waals surface area contributed by atoms with E-state index in [-0.39, 0.29) is 17.1 Å². The molecule has 6 nitrogen and oxygen atoms in total. The van der Waals surface area contributed by atoms with Gasteiger partial charge in [0.25, 0.3) is 0 Å². The van der Waals surface area contributed by atoms with E-state index >= 15 is 0 Å². The van der Waals surface area contributed by atoms with Gasteiger partial charge in [-0.3, -0.25) is 0 Å². The van der Waals surface area contributed by atoms with Crippen LogP contribution in [-0.4, -0.2) is 7.05 Å². The molecule has 1 rings (SSSR count). The van der Waals surface area contributed by atoms with Crippen LogP contribution in [0.4, 0.5) is 34.1 Å². The van der Waals surface area contributed by atoms with Crippen molar-refractivity contribution < 1.29 is 0 Å². The summed E-state index contributed by atoms with van der Waals surface area (Å²) in [5, 5.41) is 2.81. The summed E-state index contributed by atoms with van der Waals surface area (Å²) >= 11 is 0. The molecule has 0 aliphatic rings. The summed E-state index contributed by atoms with van der Waals surface area (Å²) in [6, 6.07) is 0. The van der Waals surface area contributed by atoms with Crippen molar-refractivity contribution >= 4 is 34.1 Å². The number of nitrogen functional groups attached to an aromatic ring is 5. The van der Waals surface area contributed by atoms with Crippen molar-refractivity contribution in [3.8, 4) is 0 Å². The third kappa shape index (κ3) is 1.12. The number of benzene rings is 1. The van der Waals surface area contributed by atoms with Gasteiger partial charge in [-0.15, -0.1) is 0 Å². The second kappa shape index (κ2) is 2.81. The second-order valence-electron chi connectivity index (χ2n) is 2.69. The van der Waals surface area contributed by atoms with Crippen LogP contribution in [0.5, 0.6) is 0 Å². The van der Waals surface area contributed by atoms with Gasteiger partial charge in [0.1, 0.15) is 0 Å². The molecule has 13 heavy (non-hydrogen) atoms. The number of hydrogen-bond acceptors (Lipinski definition) is 6. The molecule has 0 saturated carbocycles. The molecule has 11 N–H and O–H groups in total. The summed E-state index contributed by atoms with van der Waals surface area (Å²) in [7, 11) is 1.68. The van der Waals surface area contributed by atoms with Gasteiger partial charge < -0.3 is 34.0 Å². The molecule has 0 radical (unpaired) electrons. The SMILES string of the molecule is CNc1c(N)c(N)c(N)c(N)c1N. The molecule has 0 heterocycles. The number of nitrogens with two attached hydrogens (primary N) is 5. The van der Waals surface area contributed by atoms with Gasteiger partial charge in [0.2, 0.25) is 0 Å². The summed E-state index contributed by atoms with van der Waals surface area (Å²) < 4.78 is 0. The highest BCUT2D eigenvalue weighted by atomic mass is 14.9. The minimum Gasteiger partial charge on any atom is -0.395 e. The van der Waals surface area contributed by atoms with Crippen molar-refractivity contribution in [2.45, 2.75) is 0 Å². The van der Waals surface area contributed by atoms with Crippen LogP contribution in [0.2, 0.25) is 0 Å². The Morgan fingerprint density at radius 1 is 0.692 bits per heavy atom. The van der Waals surface area contributed by atoms with E-state index in [4.69, 9.17) is 28.7 Å². The third-order valence-corrected chi connectivity index (χ3v) is 1.95. The Hall–Kier alpha value is -1.98. The monoisotopic (exact) mass is 182 g/mol. The minimum atomic E-state index is 0.231. The topological polar surface area (TPSA) is 142 Å². The van der Waals surface area contributed by atoms with E-state index in [2.05, 4.69) is 5.32 Å². The molecule has 0 aliphatic carbocycles. The van der Waals surface area contributed by atoms with Gasteiger partial charge in [0, 0.05) is 7.05 Å². The number of rotatable bonds is 1. The molecule has 0 saturated heterocycles. The lowest BCUT2D eigenvalue weighted by molar-refractivity contribution is 1.50. The summed E-state index contributed by atoms with van der Waals surface area (Å²) in [6.07, 6.45) is 0. The van der Waals surface area contributed by atoms with E-state index in [1.54, 1.807) is 7.05 Å². The third-order valence-electron chi connectivity index (χ3n) is 1.95. The van der Waals surface area contributed by atoms with Crippen LogP contribution >= 0.6 is 0 Å². The van der Waals surface area contributed by atoms with Crippen LogP contribution in [0.25, 0.3) is 0 Å². The molecule has 72 valence electrons. The van der Waals surface area contributed by atoms with E-state index in [9.17, 15) is 0 Å². The van der Waals surface area contributed by atoms with Crippen LogP contribution in [-0.2, 0) is 0 Å². The predicted molar refractivity (Wildman–Crippen MR) is 58.1 cm³/mol. The zero-order valence-corrected chi connectivity index (χ0v) is 7.39. The molecule has 0 amide bonds. The fourth-order valence-corrected chi connectivity index (χ4v) is 1.12. The summed E-state index contributed by atoms with van der Waals surface area (Å²) in [5.41, 5.74) is 30.0. The van der Waals surface area contributed by atoms with Gasteiger partial charge in [-0.2, -0.15) is 0 Å². The maximum atomic E-state index is 5.66. The lowest BCUT2D eigenvalue weighted by Crippen LogP contribution is -2.10. The molecule has 0 fully saturated rings. The molecule has 6 heteroatoms. The predicted octanol–water partition coefficient (Wildman–Crippen LogP) is -0.361. The fraction of sp³-hybridized carbons (Fsp3) is 0.143. The molecule has 0 aromatic heterocycles. The summed E-state index contributed by atoms with van der Waals surface area (Å²) in [5.74, 6) is 0. The van der Waals surface area contributed by atoms with E-state index in [0.717, 1.165) is 0 Å². The first kappa shape index (κ1) is 9.11. The highest BCUT2D eigenvalue weighted by molar-refractivity contribution is 6.03. The van der Waals surface area contributed by atoms with Crippen LogP contribution in [0.15, 0.2) is 0 Å². The highest BCUT2D eigenvalue weighted by Gasteiger charge is 2.14. The molecule has 0 unspecified atom stereocenters. The van der Waals surface area contributed by atoms with Gasteiger partial charge in [-0.25, -0.2) is 0 Å². The smallest absolute Gasteiger partial charge is 0.0849 e. The van der Waals surface area contributed by atoms with Crippen molar-refractivity contribution in [3.63, 3.8) is 0 Å². The van der Waals surface area contributed by atoms with Crippen LogP contribution in [0.3, 0.4) is 0 Å². The Bertz CT molecular complexity index is 316. The average Bonchev–Trinajstić information content (AvgIpc) is 2.13. The van der Waals surface area contributed by atoms with Crippen LogP contribution in [0.1, 0.15) is 0 Å². The normalized spacial score (nSPS) is 9.92. The van der Waals surface area contributed by atoms with Gasteiger partial charge in [0.05, 0.1) is 34.1 Å². The van der Waals surface area contributed by atoms with E-state index in [0.29, 0.717) is 17.1 Å². The molecule has 0 aliphatic heterocycles. The van der Waals surface area contributed by atoms with Crippen LogP contribution in [0, 0.1) is 0 Å². The maximum Gasteiger partial charge on any atom is 0.0849 e. The Morgan fingerprint density at radius 2 is 1.00 bits per heavy atom. The Kier molecular flexibility index (Phi) is 1.97. The largest absolute Gasteiger partial charge is 0.395 e. The van der Waals surface area contributed by atoms with Crippen molar-refractivity contribution in [3.05, 3.63) is 0 Å². The maximum absolute atomic E-state index is 5.66. The van der Waals surface area contributed by atoms with E-state index in [1.807, 2.05) is 0 Å². The molecule has 0 spiro atoms. The number of anilines is 6. The number of hydrogen-bond donors (Lipinski definition) is 6. The van der Waals surface area contributed by atoms with Gasteiger partial charge >= 0.3 is 0 Å². The molecule has 0 bridgehead atoms. The molecular weight excluding hydrogens is 168 g/mol. The molecule has 0 atom stereocenters. The lowest BCUT2D eigenvalue weighted by Gasteiger charge is -2.15. The lowest BCUT2D eigenvalue weighted by atomic mass is 10.1. The molecule has 1 aromatic carbocycles. The molecule has 1 aromatic rings. The van der Waals surface area contributed by atoms with Crippen molar-refractivity contribution in [1.29, 1.82) is 0 Å². The van der Waals surface area contributed by atoms with Gasteiger partial charge in [-0.1, -0.05) is 0 Å². The van der Waals surface area contributed by atoms with Gasteiger partial charge in [0.15, 0.2) is 0 Å². The zero-order valence-electron chi connectivity index (χ0n) is 7.39. The fourth-order valence-electron chi connectivity index (χ4n) is 1.12. The first-order valence-corrected chi connectivity index (χ1v) is 3.69. The summed E-state index contributed by atoms with van der Waals surface area (Å²) in [4.78, 5) is 0. The standard InChI is InChI=1S/C7H14N6/c1-13-7-5(11)3(9)2(8)4(10)6(7)12/h13H,8-12H2,1H3. The van der Waals surface area contributed by atoms with Crippen LogP contribution < -0.4 is 34.0 Å². The first-order valence-electron chi connectivity index (χ1n) is 3.69. The van der Waals surface area contributed by atoms with Crippen molar-refractivity contribution in [1.82, 2.24) is 0 Å². The van der Waals surface area contributed by atoms with E-state index < -0.39 is 0 Å². The second-order valence-corrected chi connectivity index (χ2v) is 2.69. The Labute approximate surface area is 76.0 Å². The van der Waals surface area contributed by atoms with Gasteiger partial charge in [-0.05, 0) is 0 Å². The minimum absolute atomic E-state index is 0.231. The van der Waals surface area contributed by atoms with Crippen molar-refractivity contribution in [2.75, 3.05) is 41.0 Å². The highest BCUT2D eigenvalue weighted by Crippen LogP contribution is 2.41. The zero-order chi connectivity index (χ0) is 10.2. The quantitative estimate of drug-likeness (QED) is 0.327. The van der Waals surface area contributed by atoms with Crippen molar-refractivity contribution in [2.24, 2.45) is 0 Å². The number of nitrogens with one attached hydrogen (secondary N) is 1. The average molecular weight is 182 g/mol. The summed E-state index contributed by atoms with van der Waals surface area (Å²) in [6.45, 7) is 0. The first-order chi connectivity index (χ1) is 6.00. The Morgan fingerprint density at radius 3 is 1.31 bits per heavy atom. The van der Waals surface area contributed by atoms with E-state index in [1.165, 1.54) is 0 Å². The Balaban J connectivity index is 3.56.